The van der Waals surface area contributed by atoms with E-state index in [-0.39, 0.29) is 17.5 Å². The van der Waals surface area contributed by atoms with E-state index in [2.05, 4.69) is 5.32 Å². The zero-order valence-electron chi connectivity index (χ0n) is 17.5. The molecule has 1 fully saturated rings. The van der Waals surface area contributed by atoms with Crippen molar-refractivity contribution in [2.24, 2.45) is 5.73 Å². The molecule has 2 atom stereocenters. The molecule has 0 saturated carbocycles. The van der Waals surface area contributed by atoms with Crippen molar-refractivity contribution in [2.75, 3.05) is 13.1 Å². The van der Waals surface area contributed by atoms with Crippen LogP contribution in [-0.2, 0) is 4.74 Å². The molecule has 2 unspecified atom stereocenters. The van der Waals surface area contributed by atoms with E-state index in [1.54, 1.807) is 47.5 Å². The van der Waals surface area contributed by atoms with Crippen LogP contribution in [-0.4, -0.2) is 52.2 Å². The van der Waals surface area contributed by atoms with Gasteiger partial charge < -0.3 is 20.7 Å². The van der Waals surface area contributed by atoms with Crippen LogP contribution in [0.5, 0.6) is 0 Å². The highest BCUT2D eigenvalue weighted by atomic mass is 16.6. The quantitative estimate of drug-likeness (QED) is 0.801. The molecule has 1 aliphatic heterocycles. The van der Waals surface area contributed by atoms with Crippen LogP contribution in [0.15, 0.2) is 53.5 Å². The Labute approximate surface area is 175 Å². The molecule has 2 amide bonds. The summed E-state index contributed by atoms with van der Waals surface area (Å²) in [4.78, 5) is 38.4. The molecule has 1 saturated heterocycles. The minimum atomic E-state index is -0.566. The molecule has 0 aliphatic carbocycles. The summed E-state index contributed by atoms with van der Waals surface area (Å²) in [5.74, 6) is -0.242. The van der Waals surface area contributed by atoms with Crippen molar-refractivity contribution >= 4 is 12.0 Å². The summed E-state index contributed by atoms with van der Waals surface area (Å²) >= 11 is 0. The fourth-order valence-corrected chi connectivity index (χ4v) is 3.32. The number of carbonyl (C=O) groups excluding carboxylic acids is 2. The number of hydrogen-bond acceptors (Lipinski definition) is 5. The summed E-state index contributed by atoms with van der Waals surface area (Å²) < 4.78 is 6.89. The van der Waals surface area contributed by atoms with Gasteiger partial charge in [-0.15, -0.1) is 0 Å². The molecule has 2 heterocycles. The van der Waals surface area contributed by atoms with Gasteiger partial charge in [-0.25, -0.2) is 4.79 Å². The van der Waals surface area contributed by atoms with E-state index in [0.29, 0.717) is 30.8 Å². The molecule has 1 aromatic heterocycles. The highest BCUT2D eigenvalue weighted by molar-refractivity contribution is 5.94. The molecular formula is C22H28N4O4. The molecule has 30 heavy (non-hydrogen) atoms. The van der Waals surface area contributed by atoms with Gasteiger partial charge >= 0.3 is 6.09 Å². The van der Waals surface area contributed by atoms with Crippen molar-refractivity contribution in [3.8, 4) is 5.69 Å². The second-order valence-electron chi connectivity index (χ2n) is 8.41. The highest BCUT2D eigenvalue weighted by Gasteiger charge is 2.32. The van der Waals surface area contributed by atoms with Crippen LogP contribution >= 0.6 is 0 Å². The second kappa shape index (κ2) is 8.71. The Morgan fingerprint density at radius 2 is 1.83 bits per heavy atom. The normalized spacial score (nSPS) is 19.3. The first-order valence-electron chi connectivity index (χ1n) is 9.96. The minimum absolute atomic E-state index is 0.141. The maximum atomic E-state index is 12.6. The topological polar surface area (TPSA) is 107 Å². The van der Waals surface area contributed by atoms with Crippen LogP contribution in [0.3, 0.4) is 0 Å². The van der Waals surface area contributed by atoms with Gasteiger partial charge in [-0.1, -0.05) is 6.07 Å². The lowest BCUT2D eigenvalue weighted by Gasteiger charge is -2.37. The van der Waals surface area contributed by atoms with Crippen molar-refractivity contribution in [1.82, 2.24) is 14.8 Å². The number of aromatic nitrogens is 1. The number of nitrogens with two attached hydrogens (primary N) is 1. The van der Waals surface area contributed by atoms with Crippen LogP contribution in [0.2, 0.25) is 0 Å². The van der Waals surface area contributed by atoms with Crippen LogP contribution < -0.4 is 16.6 Å². The maximum absolute atomic E-state index is 12.6. The number of likely N-dealkylation sites (tertiary alicyclic amines) is 1. The zero-order valence-corrected chi connectivity index (χ0v) is 17.5. The van der Waals surface area contributed by atoms with E-state index in [4.69, 9.17) is 10.5 Å². The Kier molecular flexibility index (Phi) is 6.26. The van der Waals surface area contributed by atoms with Gasteiger partial charge in [0.05, 0.1) is 0 Å². The Morgan fingerprint density at radius 1 is 1.13 bits per heavy atom. The molecule has 2 aromatic rings. The van der Waals surface area contributed by atoms with Crippen LogP contribution in [0.4, 0.5) is 4.79 Å². The number of hydrogen-bond donors (Lipinski definition) is 2. The summed E-state index contributed by atoms with van der Waals surface area (Å²) in [7, 11) is 0. The van der Waals surface area contributed by atoms with Crippen LogP contribution in [0.25, 0.3) is 5.69 Å². The number of piperidine rings is 1. The third-order valence-electron chi connectivity index (χ3n) is 4.86. The molecule has 1 aromatic carbocycles. The Hall–Kier alpha value is -3.13. The number of benzene rings is 1. The van der Waals surface area contributed by atoms with Crippen molar-refractivity contribution in [2.45, 2.75) is 44.9 Å². The average Bonchev–Trinajstić information content (AvgIpc) is 2.68. The smallest absolute Gasteiger partial charge is 0.410 e. The number of rotatable bonds is 3. The Bertz CT molecular complexity index is 962. The van der Waals surface area contributed by atoms with E-state index in [0.717, 1.165) is 0 Å². The van der Waals surface area contributed by atoms with E-state index in [9.17, 15) is 14.4 Å². The SMILES string of the molecule is CC(C)(C)OC(=O)N1CCC(NC(=O)c2ccc(-n3ccccc3=O)cc2)C(N)C1. The van der Waals surface area contributed by atoms with E-state index in [1.807, 2.05) is 20.8 Å². The first-order chi connectivity index (χ1) is 14.1. The Balaban J connectivity index is 1.59. The van der Waals surface area contributed by atoms with Gasteiger partial charge in [0.25, 0.3) is 11.5 Å². The fraction of sp³-hybridized carbons (Fsp3) is 0.409. The predicted octanol–water partition coefficient (Wildman–Crippen LogP) is 1.90. The van der Waals surface area contributed by atoms with Gasteiger partial charge in [-0.2, -0.15) is 0 Å². The molecule has 0 spiro atoms. The van der Waals surface area contributed by atoms with Crippen molar-refractivity contribution in [3.63, 3.8) is 0 Å². The molecule has 0 radical (unpaired) electrons. The van der Waals surface area contributed by atoms with Crippen molar-refractivity contribution in [3.05, 3.63) is 64.6 Å². The van der Waals surface area contributed by atoms with Crippen LogP contribution in [0.1, 0.15) is 37.6 Å². The van der Waals surface area contributed by atoms with Gasteiger partial charge in [0.15, 0.2) is 0 Å². The second-order valence-corrected chi connectivity index (χ2v) is 8.41. The lowest BCUT2D eigenvalue weighted by atomic mass is 9.99. The third-order valence-corrected chi connectivity index (χ3v) is 4.86. The monoisotopic (exact) mass is 412 g/mol. The van der Waals surface area contributed by atoms with Crippen LogP contribution in [0, 0.1) is 0 Å². The summed E-state index contributed by atoms with van der Waals surface area (Å²) in [6, 6.07) is 11.1. The molecule has 8 heteroatoms. The molecule has 1 aliphatic rings. The predicted molar refractivity (Wildman–Crippen MR) is 114 cm³/mol. The first kappa shape index (κ1) is 21.6. The number of carbonyl (C=O) groups is 2. The summed E-state index contributed by atoms with van der Waals surface area (Å²) in [6.07, 6.45) is 1.83. The number of ether oxygens (including phenoxy) is 1. The summed E-state index contributed by atoms with van der Waals surface area (Å²) in [5, 5.41) is 2.95. The van der Waals surface area contributed by atoms with Gasteiger partial charge in [-0.3, -0.25) is 14.2 Å². The lowest BCUT2D eigenvalue weighted by Crippen LogP contribution is -2.59. The average molecular weight is 412 g/mol. The minimum Gasteiger partial charge on any atom is -0.444 e. The lowest BCUT2D eigenvalue weighted by molar-refractivity contribution is 0.0179. The molecule has 8 nitrogen and oxygen atoms in total. The number of nitrogens with one attached hydrogen (secondary N) is 1. The molecule has 0 bridgehead atoms. The zero-order chi connectivity index (χ0) is 21.9. The molecule has 3 N–H and O–H groups in total. The highest BCUT2D eigenvalue weighted by Crippen LogP contribution is 2.16. The van der Waals surface area contributed by atoms with Crippen molar-refractivity contribution < 1.29 is 14.3 Å². The van der Waals surface area contributed by atoms with Gasteiger partial charge in [0, 0.05) is 48.7 Å². The van der Waals surface area contributed by atoms with E-state index in [1.165, 1.54) is 10.6 Å². The fourth-order valence-electron chi connectivity index (χ4n) is 3.32. The summed E-state index contributed by atoms with van der Waals surface area (Å²) in [5.41, 5.74) is 6.66. The first-order valence-corrected chi connectivity index (χ1v) is 9.96. The largest absolute Gasteiger partial charge is 0.444 e. The number of amides is 2. The standard InChI is InChI=1S/C22H28N4O4/c1-22(2,3)30-21(29)25-13-11-18(17(23)14-25)24-20(28)15-7-9-16(10-8-15)26-12-5-4-6-19(26)27/h4-10,12,17-18H,11,13-14,23H2,1-3H3,(H,24,28). The molecule has 3 rings (SSSR count). The molecular weight excluding hydrogens is 384 g/mol. The number of nitrogens with zero attached hydrogens (tertiary/aromatic N) is 2. The number of pyridine rings is 1. The summed E-state index contributed by atoms with van der Waals surface area (Å²) in [6.45, 7) is 6.23. The van der Waals surface area contributed by atoms with Gasteiger partial charge in [0.1, 0.15) is 5.60 Å². The maximum Gasteiger partial charge on any atom is 0.410 e. The van der Waals surface area contributed by atoms with Crippen molar-refractivity contribution in [1.29, 1.82) is 0 Å². The van der Waals surface area contributed by atoms with E-state index < -0.39 is 17.7 Å². The van der Waals surface area contributed by atoms with Gasteiger partial charge in [-0.05, 0) is 57.5 Å². The molecule has 160 valence electrons. The van der Waals surface area contributed by atoms with Gasteiger partial charge in [0.2, 0.25) is 0 Å². The van der Waals surface area contributed by atoms with E-state index >= 15 is 0 Å². The third kappa shape index (κ3) is 5.27. The Morgan fingerprint density at radius 3 is 2.43 bits per heavy atom.